The number of hydrogen-bond donors (Lipinski definition) is 1. The van der Waals surface area contributed by atoms with Crippen LogP contribution in [0.3, 0.4) is 0 Å². The van der Waals surface area contributed by atoms with Crippen molar-refractivity contribution in [2.45, 2.75) is 45.6 Å². The third-order valence-corrected chi connectivity index (χ3v) is 2.48. The largest absolute Gasteiger partial charge is 0.315 e. The van der Waals surface area contributed by atoms with Gasteiger partial charge in [0, 0.05) is 6.04 Å². The Morgan fingerprint density at radius 3 is 2.83 bits per heavy atom. The van der Waals surface area contributed by atoms with E-state index in [1.165, 1.54) is 32.2 Å². The molecule has 1 heteroatoms. The molecule has 1 unspecified atom stereocenters. The van der Waals surface area contributed by atoms with Crippen molar-refractivity contribution in [1.82, 2.24) is 5.32 Å². The Hall–Kier alpha value is -0.300. The SMILES string of the molecule is CC(C)NCCC1CC=CCC1. The Balaban J connectivity index is 2.03. The molecule has 0 saturated heterocycles. The Bertz CT molecular complexity index is 138. The van der Waals surface area contributed by atoms with Gasteiger partial charge < -0.3 is 5.32 Å². The number of rotatable bonds is 4. The van der Waals surface area contributed by atoms with Crippen molar-refractivity contribution in [2.75, 3.05) is 6.54 Å². The second-order valence-electron chi connectivity index (χ2n) is 4.05. The molecule has 0 heterocycles. The first kappa shape index (κ1) is 9.79. The van der Waals surface area contributed by atoms with Crippen molar-refractivity contribution in [1.29, 1.82) is 0 Å². The molecule has 0 spiro atoms. The number of nitrogens with one attached hydrogen (secondary N) is 1. The van der Waals surface area contributed by atoms with Gasteiger partial charge in [-0.1, -0.05) is 26.0 Å². The molecule has 0 amide bonds. The summed E-state index contributed by atoms with van der Waals surface area (Å²) in [7, 11) is 0. The van der Waals surface area contributed by atoms with Gasteiger partial charge in [-0.05, 0) is 38.1 Å². The van der Waals surface area contributed by atoms with Gasteiger partial charge >= 0.3 is 0 Å². The normalized spacial score (nSPS) is 23.4. The van der Waals surface area contributed by atoms with Crippen LogP contribution in [-0.2, 0) is 0 Å². The summed E-state index contributed by atoms with van der Waals surface area (Å²) < 4.78 is 0. The molecule has 1 aliphatic rings. The lowest BCUT2D eigenvalue weighted by atomic mass is 9.91. The molecule has 1 nitrogen and oxygen atoms in total. The van der Waals surface area contributed by atoms with E-state index in [0.717, 1.165) is 5.92 Å². The summed E-state index contributed by atoms with van der Waals surface area (Å²) in [6.45, 7) is 5.61. The molecule has 70 valence electrons. The Morgan fingerprint density at radius 2 is 2.25 bits per heavy atom. The molecule has 0 radical (unpaired) electrons. The average Bonchev–Trinajstić information content (AvgIpc) is 2.05. The highest BCUT2D eigenvalue weighted by Crippen LogP contribution is 2.20. The van der Waals surface area contributed by atoms with E-state index in [-0.39, 0.29) is 0 Å². The molecule has 0 bridgehead atoms. The van der Waals surface area contributed by atoms with Crippen molar-refractivity contribution >= 4 is 0 Å². The first-order valence-corrected chi connectivity index (χ1v) is 5.17. The molecule has 0 aromatic heterocycles. The predicted molar refractivity (Wildman–Crippen MR) is 54.2 cm³/mol. The van der Waals surface area contributed by atoms with Gasteiger partial charge in [-0.25, -0.2) is 0 Å². The topological polar surface area (TPSA) is 12.0 Å². The Kier molecular flexibility index (Phi) is 4.37. The number of hydrogen-bond acceptors (Lipinski definition) is 1. The minimum absolute atomic E-state index is 0.643. The van der Waals surface area contributed by atoms with E-state index in [9.17, 15) is 0 Å². The maximum atomic E-state index is 3.47. The van der Waals surface area contributed by atoms with E-state index >= 15 is 0 Å². The fourth-order valence-electron chi connectivity index (χ4n) is 1.69. The van der Waals surface area contributed by atoms with Crippen molar-refractivity contribution in [3.05, 3.63) is 12.2 Å². The zero-order chi connectivity index (χ0) is 8.81. The summed E-state index contributed by atoms with van der Waals surface area (Å²) >= 11 is 0. The summed E-state index contributed by atoms with van der Waals surface area (Å²) in [6.07, 6.45) is 10.0. The third-order valence-electron chi connectivity index (χ3n) is 2.48. The van der Waals surface area contributed by atoms with Crippen LogP contribution in [0.4, 0.5) is 0 Å². The zero-order valence-electron chi connectivity index (χ0n) is 8.34. The highest BCUT2D eigenvalue weighted by Gasteiger charge is 2.08. The second kappa shape index (κ2) is 5.36. The molecular weight excluding hydrogens is 146 g/mol. The summed E-state index contributed by atoms with van der Waals surface area (Å²) in [4.78, 5) is 0. The van der Waals surface area contributed by atoms with Gasteiger partial charge in [-0.2, -0.15) is 0 Å². The van der Waals surface area contributed by atoms with E-state index in [1.807, 2.05) is 0 Å². The van der Waals surface area contributed by atoms with Crippen LogP contribution in [0.25, 0.3) is 0 Å². The lowest BCUT2D eigenvalue weighted by Gasteiger charge is -2.18. The van der Waals surface area contributed by atoms with Crippen molar-refractivity contribution in [3.8, 4) is 0 Å². The molecule has 0 fully saturated rings. The molecule has 1 aliphatic carbocycles. The van der Waals surface area contributed by atoms with Gasteiger partial charge in [0.25, 0.3) is 0 Å². The van der Waals surface area contributed by atoms with Gasteiger partial charge in [-0.15, -0.1) is 0 Å². The van der Waals surface area contributed by atoms with Crippen LogP contribution in [0.2, 0.25) is 0 Å². The van der Waals surface area contributed by atoms with Crippen LogP contribution in [0.15, 0.2) is 12.2 Å². The summed E-state index contributed by atoms with van der Waals surface area (Å²) in [5.41, 5.74) is 0. The monoisotopic (exact) mass is 167 g/mol. The zero-order valence-corrected chi connectivity index (χ0v) is 8.34. The molecule has 12 heavy (non-hydrogen) atoms. The molecule has 0 saturated carbocycles. The molecule has 1 atom stereocenters. The standard InChI is InChI=1S/C11H21N/c1-10(2)12-9-8-11-6-4-3-5-7-11/h3-4,10-12H,5-9H2,1-2H3. The minimum atomic E-state index is 0.643. The van der Waals surface area contributed by atoms with Crippen LogP contribution < -0.4 is 5.32 Å². The first-order valence-electron chi connectivity index (χ1n) is 5.17. The molecule has 1 rings (SSSR count). The number of allylic oxidation sites excluding steroid dienone is 2. The second-order valence-corrected chi connectivity index (χ2v) is 4.05. The first-order chi connectivity index (χ1) is 5.79. The van der Waals surface area contributed by atoms with Crippen LogP contribution in [0.5, 0.6) is 0 Å². The smallest absolute Gasteiger partial charge is 0.00103 e. The van der Waals surface area contributed by atoms with E-state index in [0.29, 0.717) is 6.04 Å². The molecular formula is C11H21N. The van der Waals surface area contributed by atoms with Gasteiger partial charge in [0.15, 0.2) is 0 Å². The minimum Gasteiger partial charge on any atom is -0.315 e. The van der Waals surface area contributed by atoms with Crippen molar-refractivity contribution in [3.63, 3.8) is 0 Å². The molecule has 0 aliphatic heterocycles. The summed E-state index contributed by atoms with van der Waals surface area (Å²) in [6, 6.07) is 0.643. The van der Waals surface area contributed by atoms with Gasteiger partial charge in [0.1, 0.15) is 0 Å². The van der Waals surface area contributed by atoms with Crippen LogP contribution in [-0.4, -0.2) is 12.6 Å². The van der Waals surface area contributed by atoms with Crippen molar-refractivity contribution in [2.24, 2.45) is 5.92 Å². The summed E-state index contributed by atoms with van der Waals surface area (Å²) in [5.74, 6) is 0.946. The maximum Gasteiger partial charge on any atom is 0.00103 e. The lowest BCUT2D eigenvalue weighted by Crippen LogP contribution is -2.25. The van der Waals surface area contributed by atoms with E-state index < -0.39 is 0 Å². The maximum absolute atomic E-state index is 3.47. The highest BCUT2D eigenvalue weighted by molar-refractivity contribution is 4.90. The van der Waals surface area contributed by atoms with E-state index in [1.54, 1.807) is 0 Å². The van der Waals surface area contributed by atoms with Gasteiger partial charge in [-0.3, -0.25) is 0 Å². The highest BCUT2D eigenvalue weighted by atomic mass is 14.9. The van der Waals surface area contributed by atoms with Gasteiger partial charge in [0.2, 0.25) is 0 Å². The Labute approximate surface area is 76.2 Å². The van der Waals surface area contributed by atoms with Crippen molar-refractivity contribution < 1.29 is 0 Å². The quantitative estimate of drug-likeness (QED) is 0.635. The molecule has 0 aromatic rings. The third kappa shape index (κ3) is 3.91. The summed E-state index contributed by atoms with van der Waals surface area (Å²) in [5, 5.41) is 3.47. The Morgan fingerprint density at radius 1 is 1.42 bits per heavy atom. The lowest BCUT2D eigenvalue weighted by molar-refractivity contribution is 0.419. The fourth-order valence-corrected chi connectivity index (χ4v) is 1.69. The van der Waals surface area contributed by atoms with Crippen LogP contribution in [0.1, 0.15) is 39.5 Å². The molecule has 1 N–H and O–H groups in total. The average molecular weight is 167 g/mol. The van der Waals surface area contributed by atoms with Crippen LogP contribution in [0, 0.1) is 5.92 Å². The predicted octanol–water partition coefficient (Wildman–Crippen LogP) is 2.73. The van der Waals surface area contributed by atoms with Crippen LogP contribution >= 0.6 is 0 Å². The van der Waals surface area contributed by atoms with E-state index in [2.05, 4.69) is 31.3 Å². The van der Waals surface area contributed by atoms with Gasteiger partial charge in [0.05, 0.1) is 0 Å². The fraction of sp³-hybridized carbons (Fsp3) is 0.818. The van der Waals surface area contributed by atoms with E-state index in [4.69, 9.17) is 0 Å². The molecule has 0 aromatic carbocycles.